The zero-order valence-electron chi connectivity index (χ0n) is 27.6. The Kier molecular flexibility index (Phi) is 28.7. The van der Waals surface area contributed by atoms with E-state index in [0.717, 1.165) is 44.4 Å². The van der Waals surface area contributed by atoms with E-state index in [1.807, 2.05) is 12.2 Å². The number of allylic oxidation sites excluding steroid dienone is 5. The summed E-state index contributed by atoms with van der Waals surface area (Å²) in [7, 11) is 0. The number of aliphatic hydroxyl groups is 3. The number of esters is 2. The van der Waals surface area contributed by atoms with E-state index in [2.05, 4.69) is 45.1 Å². The Morgan fingerprint density at radius 3 is 1.74 bits per heavy atom. The number of rotatable bonds is 29. The van der Waals surface area contributed by atoms with Crippen molar-refractivity contribution in [2.24, 2.45) is 5.92 Å². The average Bonchev–Trinajstić information content (AvgIpc) is 2.98. The monoisotopic (exact) mass is 608 g/mol. The molecule has 0 heterocycles. The molecular formula is C36H64O7. The Morgan fingerprint density at radius 2 is 1.14 bits per heavy atom. The molecule has 0 saturated carbocycles. The third kappa shape index (κ3) is 29.9. The van der Waals surface area contributed by atoms with Crippen LogP contribution in [0.25, 0.3) is 0 Å². The van der Waals surface area contributed by atoms with Crippen LogP contribution in [0.1, 0.15) is 143 Å². The predicted octanol–water partition coefficient (Wildman–Crippen LogP) is 7.91. The predicted molar refractivity (Wildman–Crippen MR) is 176 cm³/mol. The van der Waals surface area contributed by atoms with Crippen LogP contribution in [0, 0.1) is 5.92 Å². The standard InChI is InChI=1S/C36H64O7/c1-4-5-6-7-8-9-10-11-12-15-18-21-25-33(38)34(39)26-23-28-36(41)43-30-32(37)29-42-35(40)27-22-19-16-13-14-17-20-24-31(2)3/h8-9,11-12,18,21,31-34,37-39H,4-7,10,13-17,19-20,22-30H2,1-3H3/b9-8-,12-11-,21-18-/t32-,33?,34?/m1/s1. The first kappa shape index (κ1) is 41.0. The maximum absolute atomic E-state index is 11.9. The van der Waals surface area contributed by atoms with Gasteiger partial charge >= 0.3 is 11.9 Å². The first-order valence-electron chi connectivity index (χ1n) is 17.1. The molecule has 2 unspecified atom stereocenters. The summed E-state index contributed by atoms with van der Waals surface area (Å²) in [5.74, 6) is -0.0719. The van der Waals surface area contributed by atoms with Crippen LogP contribution in [0.5, 0.6) is 0 Å². The third-order valence-corrected chi connectivity index (χ3v) is 7.26. The summed E-state index contributed by atoms with van der Waals surface area (Å²) in [4.78, 5) is 23.8. The molecule has 0 aromatic rings. The number of ether oxygens (including phenoxy) is 2. The summed E-state index contributed by atoms with van der Waals surface area (Å²) < 4.78 is 10.1. The number of hydrogen-bond acceptors (Lipinski definition) is 7. The van der Waals surface area contributed by atoms with E-state index in [0.29, 0.717) is 19.3 Å². The van der Waals surface area contributed by atoms with Crippen LogP contribution in [-0.2, 0) is 19.1 Å². The highest BCUT2D eigenvalue weighted by atomic mass is 16.6. The van der Waals surface area contributed by atoms with Gasteiger partial charge in [-0.05, 0) is 57.3 Å². The zero-order chi connectivity index (χ0) is 32.0. The van der Waals surface area contributed by atoms with Crippen LogP contribution in [0.3, 0.4) is 0 Å². The summed E-state index contributed by atoms with van der Waals surface area (Å²) in [6.07, 6.45) is 26.8. The van der Waals surface area contributed by atoms with Crippen molar-refractivity contribution in [1.82, 2.24) is 0 Å². The van der Waals surface area contributed by atoms with Crippen molar-refractivity contribution in [2.45, 2.75) is 161 Å². The highest BCUT2D eigenvalue weighted by Gasteiger charge is 2.16. The third-order valence-electron chi connectivity index (χ3n) is 7.26. The molecule has 0 aliphatic carbocycles. The molecular weight excluding hydrogens is 544 g/mol. The largest absolute Gasteiger partial charge is 0.463 e. The molecule has 0 fully saturated rings. The van der Waals surface area contributed by atoms with Gasteiger partial charge in [-0.25, -0.2) is 0 Å². The fourth-order valence-corrected chi connectivity index (χ4v) is 4.49. The summed E-state index contributed by atoms with van der Waals surface area (Å²) in [5, 5.41) is 30.2. The van der Waals surface area contributed by atoms with E-state index >= 15 is 0 Å². The Balaban J connectivity index is 3.76. The van der Waals surface area contributed by atoms with Gasteiger partial charge in [0.2, 0.25) is 0 Å². The average molecular weight is 609 g/mol. The van der Waals surface area contributed by atoms with Crippen molar-refractivity contribution < 1.29 is 34.4 Å². The van der Waals surface area contributed by atoms with Crippen molar-refractivity contribution in [3.05, 3.63) is 36.5 Å². The zero-order valence-corrected chi connectivity index (χ0v) is 27.6. The smallest absolute Gasteiger partial charge is 0.305 e. The Labute approximate surface area is 262 Å². The van der Waals surface area contributed by atoms with E-state index in [1.165, 1.54) is 51.4 Å². The Bertz CT molecular complexity index is 744. The molecule has 0 spiro atoms. The Hall–Kier alpha value is -1.96. The molecule has 0 aromatic carbocycles. The molecule has 0 aliphatic heterocycles. The minimum absolute atomic E-state index is 0.0711. The second-order valence-corrected chi connectivity index (χ2v) is 12.1. The first-order valence-corrected chi connectivity index (χ1v) is 17.1. The highest BCUT2D eigenvalue weighted by molar-refractivity contribution is 5.69. The maximum Gasteiger partial charge on any atom is 0.305 e. The quantitative estimate of drug-likeness (QED) is 0.0449. The molecule has 0 radical (unpaired) electrons. The normalized spacial score (nSPS) is 14.2. The van der Waals surface area contributed by atoms with Gasteiger partial charge in [-0.15, -0.1) is 0 Å². The van der Waals surface area contributed by atoms with Crippen molar-refractivity contribution in [3.63, 3.8) is 0 Å². The van der Waals surface area contributed by atoms with Crippen molar-refractivity contribution in [3.8, 4) is 0 Å². The molecule has 0 saturated heterocycles. The van der Waals surface area contributed by atoms with Gasteiger partial charge in [0.05, 0.1) is 12.2 Å². The number of carbonyl (C=O) groups excluding carboxylic acids is 2. The fraction of sp³-hybridized carbons (Fsp3) is 0.778. The van der Waals surface area contributed by atoms with E-state index in [4.69, 9.17) is 9.47 Å². The first-order chi connectivity index (χ1) is 20.8. The number of unbranched alkanes of at least 4 members (excludes halogenated alkanes) is 9. The summed E-state index contributed by atoms with van der Waals surface area (Å²) in [6, 6.07) is 0. The molecule has 3 N–H and O–H groups in total. The van der Waals surface area contributed by atoms with Gasteiger partial charge < -0.3 is 24.8 Å². The van der Waals surface area contributed by atoms with Crippen LogP contribution in [0.2, 0.25) is 0 Å². The number of hydrogen-bond donors (Lipinski definition) is 3. The second-order valence-electron chi connectivity index (χ2n) is 12.1. The molecule has 0 bridgehead atoms. The van der Waals surface area contributed by atoms with E-state index in [-0.39, 0.29) is 32.0 Å². The topological polar surface area (TPSA) is 113 Å². The van der Waals surface area contributed by atoms with Gasteiger partial charge in [-0.3, -0.25) is 9.59 Å². The molecule has 7 heteroatoms. The van der Waals surface area contributed by atoms with E-state index in [9.17, 15) is 24.9 Å². The van der Waals surface area contributed by atoms with Gasteiger partial charge in [0.15, 0.2) is 0 Å². The summed E-state index contributed by atoms with van der Waals surface area (Å²) in [6.45, 7) is 6.26. The van der Waals surface area contributed by atoms with Gasteiger partial charge in [-0.2, -0.15) is 0 Å². The lowest BCUT2D eigenvalue weighted by Gasteiger charge is -2.16. The van der Waals surface area contributed by atoms with Crippen molar-refractivity contribution in [1.29, 1.82) is 0 Å². The molecule has 7 nitrogen and oxygen atoms in total. The van der Waals surface area contributed by atoms with E-state index in [1.54, 1.807) is 0 Å². The molecule has 0 aromatic heterocycles. The lowest BCUT2D eigenvalue weighted by Crippen LogP contribution is -2.26. The van der Waals surface area contributed by atoms with E-state index < -0.39 is 24.3 Å². The van der Waals surface area contributed by atoms with Gasteiger partial charge in [0.1, 0.15) is 19.3 Å². The molecule has 250 valence electrons. The molecule has 0 aliphatic rings. The van der Waals surface area contributed by atoms with Crippen LogP contribution < -0.4 is 0 Å². The fourth-order valence-electron chi connectivity index (χ4n) is 4.49. The minimum Gasteiger partial charge on any atom is -0.463 e. The van der Waals surface area contributed by atoms with Gasteiger partial charge in [0, 0.05) is 12.8 Å². The van der Waals surface area contributed by atoms with Crippen LogP contribution in [0.15, 0.2) is 36.5 Å². The van der Waals surface area contributed by atoms with Gasteiger partial charge in [0.25, 0.3) is 0 Å². The SMILES string of the molecule is CCCCC/C=C\C/C=C\C/C=C\CC(O)C(O)CCCC(=O)OC[C@H](O)COC(=O)CCCCCCCCCC(C)C. The van der Waals surface area contributed by atoms with Crippen LogP contribution in [-0.4, -0.2) is 58.8 Å². The maximum atomic E-state index is 11.9. The minimum atomic E-state index is -1.07. The van der Waals surface area contributed by atoms with Crippen molar-refractivity contribution in [2.75, 3.05) is 13.2 Å². The van der Waals surface area contributed by atoms with Crippen molar-refractivity contribution >= 4 is 11.9 Å². The number of carbonyl (C=O) groups is 2. The Morgan fingerprint density at radius 1 is 0.605 bits per heavy atom. The van der Waals surface area contributed by atoms with Gasteiger partial charge in [-0.1, -0.05) is 115 Å². The molecule has 43 heavy (non-hydrogen) atoms. The lowest BCUT2D eigenvalue weighted by atomic mass is 10.0. The van der Waals surface area contributed by atoms with Crippen LogP contribution in [0.4, 0.5) is 0 Å². The summed E-state index contributed by atoms with van der Waals surface area (Å²) in [5.41, 5.74) is 0. The van der Waals surface area contributed by atoms with Crippen LogP contribution >= 0.6 is 0 Å². The molecule has 0 rings (SSSR count). The number of aliphatic hydroxyl groups excluding tert-OH is 3. The summed E-state index contributed by atoms with van der Waals surface area (Å²) >= 11 is 0. The highest BCUT2D eigenvalue weighted by Crippen LogP contribution is 2.13. The molecule has 0 amide bonds. The molecule has 3 atom stereocenters. The lowest BCUT2D eigenvalue weighted by molar-refractivity contribution is -0.152. The second kappa shape index (κ2) is 30.1.